The van der Waals surface area contributed by atoms with Gasteiger partial charge in [-0.25, -0.2) is 9.37 Å². The van der Waals surface area contributed by atoms with Gasteiger partial charge in [0.15, 0.2) is 4.47 Å². The van der Waals surface area contributed by atoms with Crippen LogP contribution in [0.25, 0.3) is 0 Å². The molecule has 2 heterocycles. The molecule has 0 fully saturated rings. The molecule has 102 valence electrons. The Bertz CT molecular complexity index is 744. The summed E-state index contributed by atoms with van der Waals surface area (Å²) in [5.41, 5.74) is 0.753. The van der Waals surface area contributed by atoms with Gasteiger partial charge in [0, 0.05) is 11.1 Å². The fourth-order valence-electron chi connectivity index (χ4n) is 2.18. The maximum Gasteiger partial charge on any atom is 0.299 e. The Morgan fingerprint density at radius 1 is 1.40 bits per heavy atom. The van der Waals surface area contributed by atoms with E-state index >= 15 is 0 Å². The van der Waals surface area contributed by atoms with Crippen molar-refractivity contribution in [3.63, 3.8) is 0 Å². The lowest BCUT2D eigenvalue weighted by Gasteiger charge is -2.15. The van der Waals surface area contributed by atoms with E-state index in [1.807, 2.05) is 0 Å². The number of carbonyl (C=O) groups is 2. The van der Waals surface area contributed by atoms with Gasteiger partial charge in [-0.15, -0.1) is 11.3 Å². The van der Waals surface area contributed by atoms with Crippen LogP contribution in [0.4, 0.5) is 10.1 Å². The number of fused-ring (bicyclic) bond motifs is 1. The summed E-state index contributed by atoms with van der Waals surface area (Å²) < 4.78 is 14.4. The Morgan fingerprint density at radius 3 is 2.80 bits per heavy atom. The normalized spacial score (nSPS) is 14.1. The molecule has 0 N–H and O–H groups in total. The molecule has 1 aliphatic heterocycles. The average Bonchev–Trinajstić information content (AvgIpc) is 2.88. The number of rotatable bonds is 2. The van der Waals surface area contributed by atoms with E-state index in [0.717, 1.165) is 4.90 Å². The fraction of sp³-hybridized carbons (Fsp3) is 0.154. The lowest BCUT2D eigenvalue weighted by atomic mass is 10.1. The number of aryl methyl sites for hydroxylation is 1. The summed E-state index contributed by atoms with van der Waals surface area (Å²) in [6, 6.07) is 2.83. The minimum absolute atomic E-state index is 0.0372. The van der Waals surface area contributed by atoms with Gasteiger partial charge in [-0.2, -0.15) is 0 Å². The molecule has 0 saturated heterocycles. The second-order valence-corrected chi connectivity index (χ2v) is 6.14. The average molecular weight is 311 g/mol. The van der Waals surface area contributed by atoms with E-state index in [1.165, 1.54) is 29.7 Å². The molecule has 0 spiro atoms. The first-order valence-corrected chi connectivity index (χ1v) is 6.93. The van der Waals surface area contributed by atoms with Gasteiger partial charge < -0.3 is 0 Å². The van der Waals surface area contributed by atoms with Gasteiger partial charge in [0.2, 0.25) is 0 Å². The number of carbonyl (C=O) groups excluding carboxylic acids is 2. The molecule has 3 rings (SSSR count). The lowest BCUT2D eigenvalue weighted by molar-refractivity contribution is -0.114. The van der Waals surface area contributed by atoms with Crippen molar-refractivity contribution < 1.29 is 14.0 Å². The molecule has 2 aromatic rings. The molecule has 7 heteroatoms. The molecule has 1 aromatic carbocycles. The van der Waals surface area contributed by atoms with E-state index < -0.39 is 17.5 Å². The van der Waals surface area contributed by atoms with E-state index in [1.54, 1.807) is 6.92 Å². The summed E-state index contributed by atoms with van der Waals surface area (Å²) in [7, 11) is 0. The first-order chi connectivity index (χ1) is 9.47. The van der Waals surface area contributed by atoms with Gasteiger partial charge in [0.1, 0.15) is 5.82 Å². The Hall–Kier alpha value is -1.79. The number of amides is 1. The number of halogens is 2. The van der Waals surface area contributed by atoms with Crippen LogP contribution in [-0.4, -0.2) is 16.7 Å². The van der Waals surface area contributed by atoms with Gasteiger partial charge in [-0.05, 0) is 24.6 Å². The zero-order valence-corrected chi connectivity index (χ0v) is 11.9. The van der Waals surface area contributed by atoms with Crippen LogP contribution >= 0.6 is 22.9 Å². The van der Waals surface area contributed by atoms with E-state index in [-0.39, 0.29) is 17.8 Å². The van der Waals surface area contributed by atoms with Crippen molar-refractivity contribution in [1.82, 2.24) is 4.98 Å². The maximum absolute atomic E-state index is 14.1. The monoisotopic (exact) mass is 310 g/mol. The molecule has 20 heavy (non-hydrogen) atoms. The maximum atomic E-state index is 14.1. The Kier molecular flexibility index (Phi) is 3.07. The minimum Gasteiger partial charge on any atom is -0.297 e. The van der Waals surface area contributed by atoms with E-state index in [0.29, 0.717) is 14.9 Å². The second-order valence-electron chi connectivity index (χ2n) is 4.44. The van der Waals surface area contributed by atoms with Crippen molar-refractivity contribution in [3.8, 4) is 0 Å². The summed E-state index contributed by atoms with van der Waals surface area (Å²) in [4.78, 5) is 29.6. The molecule has 4 nitrogen and oxygen atoms in total. The van der Waals surface area contributed by atoms with E-state index in [4.69, 9.17) is 11.6 Å². The van der Waals surface area contributed by atoms with Gasteiger partial charge in [0.25, 0.3) is 11.7 Å². The van der Waals surface area contributed by atoms with E-state index in [2.05, 4.69) is 4.98 Å². The number of aromatic nitrogens is 1. The molecule has 0 radical (unpaired) electrons. The van der Waals surface area contributed by atoms with Crippen molar-refractivity contribution in [2.45, 2.75) is 13.5 Å². The predicted octanol–water partition coefficient (Wildman–Crippen LogP) is 2.97. The van der Waals surface area contributed by atoms with Crippen LogP contribution in [0, 0.1) is 12.7 Å². The molecule has 1 aromatic heterocycles. The molecule has 1 aliphatic rings. The highest BCUT2D eigenvalue weighted by Gasteiger charge is 2.38. The summed E-state index contributed by atoms with van der Waals surface area (Å²) in [5.74, 6) is -1.98. The van der Waals surface area contributed by atoms with Crippen LogP contribution in [-0.2, 0) is 11.3 Å². The number of thiazole rings is 1. The third kappa shape index (κ3) is 2.01. The summed E-state index contributed by atoms with van der Waals surface area (Å²) in [5, 5.41) is 0. The van der Waals surface area contributed by atoms with Crippen LogP contribution in [0.5, 0.6) is 0 Å². The molecule has 0 atom stereocenters. The lowest BCUT2D eigenvalue weighted by Crippen LogP contribution is -2.29. The molecule has 0 aliphatic carbocycles. The third-order valence-corrected chi connectivity index (χ3v) is 4.10. The van der Waals surface area contributed by atoms with Gasteiger partial charge in [-0.3, -0.25) is 14.5 Å². The molecule has 0 saturated carbocycles. The Labute approximate surface area is 122 Å². The van der Waals surface area contributed by atoms with Crippen LogP contribution in [0.1, 0.15) is 20.8 Å². The molecule has 0 unspecified atom stereocenters. The van der Waals surface area contributed by atoms with E-state index in [9.17, 15) is 14.0 Å². The van der Waals surface area contributed by atoms with Crippen LogP contribution in [0.2, 0.25) is 4.47 Å². The zero-order valence-electron chi connectivity index (χ0n) is 10.3. The highest BCUT2D eigenvalue weighted by molar-refractivity contribution is 7.15. The van der Waals surface area contributed by atoms with Crippen molar-refractivity contribution in [1.29, 1.82) is 0 Å². The highest BCUT2D eigenvalue weighted by atomic mass is 35.5. The molecular formula is C13H8ClFN2O2S. The van der Waals surface area contributed by atoms with Crippen molar-refractivity contribution in [2.75, 3.05) is 4.90 Å². The fourth-order valence-corrected chi connectivity index (χ4v) is 3.15. The quantitative estimate of drug-likeness (QED) is 0.801. The highest BCUT2D eigenvalue weighted by Crippen LogP contribution is 2.34. The number of Topliss-reactive ketones (excluding diaryl/α,β-unsaturated/α-hetero) is 1. The van der Waals surface area contributed by atoms with Gasteiger partial charge in [0.05, 0.1) is 17.8 Å². The number of hydrogen-bond donors (Lipinski definition) is 0. The first-order valence-electron chi connectivity index (χ1n) is 5.74. The van der Waals surface area contributed by atoms with Crippen molar-refractivity contribution >= 4 is 40.3 Å². The number of hydrogen-bond acceptors (Lipinski definition) is 4. The van der Waals surface area contributed by atoms with Gasteiger partial charge in [-0.1, -0.05) is 11.6 Å². The second kappa shape index (κ2) is 4.64. The van der Waals surface area contributed by atoms with Gasteiger partial charge >= 0.3 is 0 Å². The van der Waals surface area contributed by atoms with Crippen LogP contribution in [0.15, 0.2) is 18.3 Å². The zero-order chi connectivity index (χ0) is 14.4. The Balaban J connectivity index is 2.06. The van der Waals surface area contributed by atoms with Crippen molar-refractivity contribution in [3.05, 3.63) is 44.6 Å². The molecular weight excluding hydrogens is 303 g/mol. The molecule has 0 bridgehead atoms. The predicted molar refractivity (Wildman–Crippen MR) is 73.8 cm³/mol. The third-order valence-electron chi connectivity index (χ3n) is 3.00. The summed E-state index contributed by atoms with van der Waals surface area (Å²) >= 11 is 6.91. The summed E-state index contributed by atoms with van der Waals surface area (Å²) in [6.45, 7) is 1.76. The number of anilines is 1. The topological polar surface area (TPSA) is 50.3 Å². The van der Waals surface area contributed by atoms with Crippen LogP contribution < -0.4 is 4.90 Å². The number of nitrogens with zero attached hydrogens (tertiary/aromatic N) is 2. The SMILES string of the molecule is Cc1cc(F)c2c(c1)C(=O)C(=O)N2Cc1cnc(Cl)s1. The standard InChI is InChI=1S/C13H8ClFN2O2S/c1-6-2-8-10(9(15)3-6)17(12(19)11(8)18)5-7-4-16-13(14)20-7/h2-4H,5H2,1H3. The number of ketones is 1. The van der Waals surface area contributed by atoms with Crippen molar-refractivity contribution in [2.24, 2.45) is 0 Å². The largest absolute Gasteiger partial charge is 0.299 e. The minimum atomic E-state index is -0.728. The number of benzene rings is 1. The molecule has 1 amide bonds. The summed E-state index contributed by atoms with van der Waals surface area (Å²) in [6.07, 6.45) is 1.51. The smallest absolute Gasteiger partial charge is 0.297 e. The van der Waals surface area contributed by atoms with Crippen LogP contribution in [0.3, 0.4) is 0 Å². The first kappa shape index (κ1) is 13.2. The Morgan fingerprint density at radius 2 is 2.15 bits per heavy atom.